The molecule has 30 heavy (non-hydrogen) atoms. The largest absolute Gasteiger partial charge is 0.493 e. The number of carboxylic acid groups (broad SMARTS) is 1. The molecule has 0 bridgehead atoms. The summed E-state index contributed by atoms with van der Waals surface area (Å²) in [6.45, 7) is 4.08. The monoisotopic (exact) mass is 419 g/mol. The summed E-state index contributed by atoms with van der Waals surface area (Å²) in [6, 6.07) is 4.36. The van der Waals surface area contributed by atoms with Gasteiger partial charge >= 0.3 is 12.1 Å². The molecule has 164 valence electrons. The molecule has 2 saturated carbocycles. The van der Waals surface area contributed by atoms with Gasteiger partial charge in [-0.25, -0.2) is 9.18 Å². The van der Waals surface area contributed by atoms with Crippen LogP contribution in [0.2, 0.25) is 0 Å². The summed E-state index contributed by atoms with van der Waals surface area (Å²) >= 11 is 0. The fourth-order valence-corrected chi connectivity index (χ4v) is 4.50. The van der Waals surface area contributed by atoms with Gasteiger partial charge in [-0.1, -0.05) is 6.07 Å². The smallest absolute Gasteiger partial charge is 0.410 e. The Labute approximate surface area is 176 Å². The first-order valence-electron chi connectivity index (χ1n) is 10.9. The first-order chi connectivity index (χ1) is 14.3. The highest BCUT2D eigenvalue weighted by Crippen LogP contribution is 2.50. The average molecular weight is 419 g/mol. The first kappa shape index (κ1) is 20.9. The van der Waals surface area contributed by atoms with Gasteiger partial charge in [0.2, 0.25) is 0 Å². The maximum atomic E-state index is 13.9. The van der Waals surface area contributed by atoms with Crippen molar-refractivity contribution in [3.05, 3.63) is 29.6 Å². The van der Waals surface area contributed by atoms with Crippen molar-refractivity contribution in [2.24, 2.45) is 17.8 Å². The van der Waals surface area contributed by atoms with Crippen molar-refractivity contribution >= 4 is 12.1 Å². The Hall–Kier alpha value is -2.31. The zero-order valence-corrected chi connectivity index (χ0v) is 17.4. The van der Waals surface area contributed by atoms with Gasteiger partial charge in [0, 0.05) is 19.2 Å². The molecule has 0 radical (unpaired) electrons. The maximum Gasteiger partial charge on any atom is 0.410 e. The van der Waals surface area contributed by atoms with E-state index < -0.39 is 11.8 Å². The van der Waals surface area contributed by atoms with Crippen LogP contribution in [0.1, 0.15) is 51.0 Å². The zero-order chi connectivity index (χ0) is 21.3. The number of piperidine rings is 1. The summed E-state index contributed by atoms with van der Waals surface area (Å²) in [6.07, 6.45) is 5.66. The number of aliphatic carboxylic acids is 1. The number of amides is 1. The maximum absolute atomic E-state index is 13.9. The Morgan fingerprint density at radius 1 is 1.27 bits per heavy atom. The Kier molecular flexibility index (Phi) is 5.89. The summed E-state index contributed by atoms with van der Waals surface area (Å²) in [5.74, 6) is 0.832. The van der Waals surface area contributed by atoms with Crippen LogP contribution in [0.3, 0.4) is 0 Å². The predicted molar refractivity (Wildman–Crippen MR) is 108 cm³/mol. The molecule has 1 saturated heterocycles. The molecule has 1 aromatic rings. The number of nitrogens with zero attached hydrogens (tertiary/aromatic N) is 1. The lowest BCUT2D eigenvalue weighted by Gasteiger charge is -2.32. The molecule has 4 rings (SSSR count). The fourth-order valence-electron chi connectivity index (χ4n) is 4.50. The molecule has 6 nitrogen and oxygen atoms in total. The molecule has 7 heteroatoms. The molecule has 2 unspecified atom stereocenters. The number of hydrogen-bond donors (Lipinski definition) is 1. The Bertz CT molecular complexity index is 801. The molecule has 1 aromatic carbocycles. The van der Waals surface area contributed by atoms with Gasteiger partial charge in [0.1, 0.15) is 17.2 Å². The van der Waals surface area contributed by atoms with Crippen LogP contribution in [0.4, 0.5) is 9.18 Å². The van der Waals surface area contributed by atoms with Crippen LogP contribution < -0.4 is 4.74 Å². The number of halogens is 1. The molecular weight excluding hydrogens is 389 g/mol. The minimum atomic E-state index is -1.05. The molecule has 1 heterocycles. The number of carbonyl (C=O) groups is 2. The predicted octanol–water partition coefficient (Wildman–Crippen LogP) is 4.26. The van der Waals surface area contributed by atoms with Crippen molar-refractivity contribution in [2.45, 2.75) is 57.5 Å². The summed E-state index contributed by atoms with van der Waals surface area (Å²) in [5.41, 5.74) is -0.0479. The summed E-state index contributed by atoms with van der Waals surface area (Å²) in [5, 5.41) is 8.77. The van der Waals surface area contributed by atoms with Crippen LogP contribution in [0.25, 0.3) is 0 Å². The molecule has 0 aromatic heterocycles. The van der Waals surface area contributed by atoms with E-state index in [-0.39, 0.29) is 23.7 Å². The van der Waals surface area contributed by atoms with Crippen molar-refractivity contribution in [2.75, 3.05) is 19.7 Å². The van der Waals surface area contributed by atoms with Crippen LogP contribution in [0.5, 0.6) is 5.75 Å². The average Bonchev–Trinajstić information content (AvgIpc) is 3.62. The van der Waals surface area contributed by atoms with Crippen LogP contribution >= 0.6 is 0 Å². The second-order valence-electron chi connectivity index (χ2n) is 9.26. The van der Waals surface area contributed by atoms with Crippen LogP contribution in [-0.2, 0) is 16.0 Å². The lowest BCUT2D eigenvalue weighted by molar-refractivity contribution is -0.136. The second kappa shape index (κ2) is 8.44. The number of hydrogen-bond acceptors (Lipinski definition) is 4. The van der Waals surface area contributed by atoms with Crippen LogP contribution in [0, 0.1) is 23.6 Å². The van der Waals surface area contributed by atoms with Crippen molar-refractivity contribution in [3.63, 3.8) is 0 Å². The molecule has 3 fully saturated rings. The lowest BCUT2D eigenvalue weighted by atomic mass is 9.91. The molecule has 1 amide bonds. The van der Waals surface area contributed by atoms with Gasteiger partial charge in [-0.15, -0.1) is 0 Å². The second-order valence-corrected chi connectivity index (χ2v) is 9.26. The van der Waals surface area contributed by atoms with E-state index in [2.05, 4.69) is 0 Å². The number of rotatable bonds is 8. The SMILES string of the molecule is CC1(OC(=O)N2CCC(C3CC3CCOc3ccc(CC(=O)O)c(F)c3)CC2)CC1. The summed E-state index contributed by atoms with van der Waals surface area (Å²) < 4.78 is 25.2. The third-order valence-electron chi connectivity index (χ3n) is 6.79. The van der Waals surface area contributed by atoms with Crippen molar-refractivity contribution in [1.29, 1.82) is 0 Å². The van der Waals surface area contributed by atoms with E-state index in [1.165, 1.54) is 18.6 Å². The molecule has 3 aliphatic rings. The van der Waals surface area contributed by atoms with Gasteiger partial charge < -0.3 is 19.5 Å². The highest BCUT2D eigenvalue weighted by Gasteiger charge is 2.45. The highest BCUT2D eigenvalue weighted by molar-refractivity contribution is 5.70. The van der Waals surface area contributed by atoms with Crippen molar-refractivity contribution in [1.82, 2.24) is 4.90 Å². The summed E-state index contributed by atoms with van der Waals surface area (Å²) in [4.78, 5) is 24.8. The molecule has 0 spiro atoms. The lowest BCUT2D eigenvalue weighted by Crippen LogP contribution is -2.40. The minimum absolute atomic E-state index is 0.157. The van der Waals surface area contributed by atoms with Gasteiger partial charge in [-0.3, -0.25) is 4.79 Å². The van der Waals surface area contributed by atoms with Gasteiger partial charge in [0.15, 0.2) is 0 Å². The molecule has 2 atom stereocenters. The number of likely N-dealkylation sites (tertiary alicyclic amines) is 1. The topological polar surface area (TPSA) is 76.1 Å². The van der Waals surface area contributed by atoms with Gasteiger partial charge in [-0.05, 0) is 74.8 Å². The van der Waals surface area contributed by atoms with E-state index in [9.17, 15) is 14.0 Å². The Balaban J connectivity index is 1.14. The normalized spacial score (nSPS) is 24.9. The van der Waals surface area contributed by atoms with Crippen molar-refractivity contribution in [3.8, 4) is 5.75 Å². The number of carboxylic acids is 1. The van der Waals surface area contributed by atoms with E-state index in [0.29, 0.717) is 30.1 Å². The number of ether oxygens (including phenoxy) is 2. The van der Waals surface area contributed by atoms with Gasteiger partial charge in [0.25, 0.3) is 0 Å². The number of carbonyl (C=O) groups excluding carboxylic acids is 1. The zero-order valence-electron chi connectivity index (χ0n) is 17.4. The molecule has 2 aliphatic carbocycles. The highest BCUT2D eigenvalue weighted by atomic mass is 19.1. The quantitative estimate of drug-likeness (QED) is 0.681. The summed E-state index contributed by atoms with van der Waals surface area (Å²) in [7, 11) is 0. The van der Waals surface area contributed by atoms with E-state index in [1.54, 1.807) is 6.07 Å². The molecule has 1 N–H and O–H groups in total. The van der Waals surface area contributed by atoms with Crippen LogP contribution in [0.15, 0.2) is 18.2 Å². The van der Waals surface area contributed by atoms with E-state index in [0.717, 1.165) is 45.2 Å². The third kappa shape index (κ3) is 5.24. The molecular formula is C23H30FNO5. The minimum Gasteiger partial charge on any atom is -0.493 e. The molecule has 1 aliphatic heterocycles. The van der Waals surface area contributed by atoms with Crippen LogP contribution in [-0.4, -0.2) is 47.4 Å². The van der Waals surface area contributed by atoms with E-state index >= 15 is 0 Å². The van der Waals surface area contributed by atoms with E-state index in [1.807, 2.05) is 11.8 Å². The first-order valence-corrected chi connectivity index (χ1v) is 10.9. The fraction of sp³-hybridized carbons (Fsp3) is 0.652. The number of benzene rings is 1. The van der Waals surface area contributed by atoms with E-state index in [4.69, 9.17) is 14.6 Å². The standard InChI is InChI=1S/C23H30FNO5/c1-23(7-8-23)30-22(28)25-9-4-15(5-10-25)19-12-16(19)6-11-29-18-3-2-17(13-21(26)27)20(24)14-18/h2-3,14-16,19H,4-13H2,1H3,(H,26,27). The van der Waals surface area contributed by atoms with Gasteiger partial charge in [0.05, 0.1) is 13.0 Å². The third-order valence-corrected chi connectivity index (χ3v) is 6.79. The Morgan fingerprint density at radius 3 is 2.63 bits per heavy atom. The Morgan fingerprint density at radius 2 is 2.00 bits per heavy atom. The van der Waals surface area contributed by atoms with Gasteiger partial charge in [-0.2, -0.15) is 0 Å². The van der Waals surface area contributed by atoms with Crippen molar-refractivity contribution < 1.29 is 28.6 Å².